The zero-order valence-electron chi connectivity index (χ0n) is 10.2. The van der Waals surface area contributed by atoms with Crippen molar-refractivity contribution in [3.05, 3.63) is 24.3 Å². The summed E-state index contributed by atoms with van der Waals surface area (Å²) in [5.41, 5.74) is 0. The Morgan fingerprint density at radius 1 is 1.39 bits per heavy atom. The molecule has 1 unspecified atom stereocenters. The normalized spacial score (nSPS) is 11.7. The zero-order valence-corrected chi connectivity index (χ0v) is 11.0. The van der Waals surface area contributed by atoms with E-state index in [9.17, 15) is 9.59 Å². The van der Waals surface area contributed by atoms with Crippen LogP contribution in [0, 0.1) is 0 Å². The monoisotopic (exact) mass is 269 g/mol. The van der Waals surface area contributed by atoms with Crippen molar-refractivity contribution in [1.29, 1.82) is 0 Å². The van der Waals surface area contributed by atoms with E-state index < -0.39 is 17.9 Å². The molecule has 0 bridgehead atoms. The van der Waals surface area contributed by atoms with Gasteiger partial charge in [-0.1, -0.05) is 0 Å². The van der Waals surface area contributed by atoms with Gasteiger partial charge in [0.15, 0.2) is 6.04 Å². The first-order valence-corrected chi connectivity index (χ1v) is 6.52. The van der Waals surface area contributed by atoms with E-state index >= 15 is 0 Å². The number of thioether (sulfide) groups is 1. The maximum absolute atomic E-state index is 10.9. The molecule has 18 heavy (non-hydrogen) atoms. The highest BCUT2D eigenvalue weighted by atomic mass is 32.2. The predicted molar refractivity (Wildman–Crippen MR) is 69.0 cm³/mol. The highest BCUT2D eigenvalue weighted by Crippen LogP contribution is 2.18. The quantitative estimate of drug-likeness (QED) is 0.763. The lowest BCUT2D eigenvalue weighted by atomic mass is 10.3. The number of carbonyl (C=O) groups excluding carboxylic acids is 1. The summed E-state index contributed by atoms with van der Waals surface area (Å²) in [6.45, 7) is 1.16. The van der Waals surface area contributed by atoms with Gasteiger partial charge in [-0.05, 0) is 30.5 Å². The van der Waals surface area contributed by atoms with Crippen molar-refractivity contribution in [1.82, 2.24) is 5.32 Å². The van der Waals surface area contributed by atoms with Crippen molar-refractivity contribution in [2.45, 2.75) is 17.9 Å². The molecule has 0 aromatic heterocycles. The molecule has 0 heterocycles. The Morgan fingerprint density at radius 3 is 2.44 bits per heavy atom. The fourth-order valence-corrected chi connectivity index (χ4v) is 1.68. The summed E-state index contributed by atoms with van der Waals surface area (Å²) in [5, 5.41) is 11.2. The van der Waals surface area contributed by atoms with Crippen LogP contribution in [-0.4, -0.2) is 35.9 Å². The number of benzene rings is 1. The first kappa shape index (κ1) is 14.4. The number of nitrogens with one attached hydrogen (secondary N) is 1. The minimum Gasteiger partial charge on any atom is -0.491 e. The fraction of sp³-hybridized carbons (Fsp3) is 0.333. The van der Waals surface area contributed by atoms with Crippen LogP contribution in [0.25, 0.3) is 0 Å². The van der Waals surface area contributed by atoms with Gasteiger partial charge in [0.25, 0.3) is 0 Å². The zero-order chi connectivity index (χ0) is 13.5. The molecule has 1 aromatic rings. The highest BCUT2D eigenvalue weighted by molar-refractivity contribution is 7.98. The fourth-order valence-electron chi connectivity index (χ4n) is 1.27. The van der Waals surface area contributed by atoms with Crippen LogP contribution in [0.4, 0.5) is 0 Å². The van der Waals surface area contributed by atoms with Gasteiger partial charge in [0.2, 0.25) is 5.91 Å². The van der Waals surface area contributed by atoms with Crippen molar-refractivity contribution in [2.24, 2.45) is 0 Å². The van der Waals surface area contributed by atoms with E-state index in [1.54, 1.807) is 23.9 Å². The van der Waals surface area contributed by atoms with E-state index in [1.165, 1.54) is 6.92 Å². The van der Waals surface area contributed by atoms with Gasteiger partial charge >= 0.3 is 5.97 Å². The number of carboxylic acids is 1. The smallest absolute Gasteiger partial charge is 0.329 e. The molecule has 98 valence electrons. The summed E-state index contributed by atoms with van der Waals surface area (Å²) < 4.78 is 5.33. The van der Waals surface area contributed by atoms with Gasteiger partial charge in [-0.15, -0.1) is 11.8 Å². The summed E-state index contributed by atoms with van der Waals surface area (Å²) >= 11 is 1.61. The molecular weight excluding hydrogens is 254 g/mol. The number of aliphatic carboxylic acids is 1. The summed E-state index contributed by atoms with van der Waals surface area (Å²) in [5.74, 6) is -0.945. The Labute approximate surface area is 110 Å². The minimum atomic E-state index is -1.12. The molecule has 2 N–H and O–H groups in total. The summed E-state index contributed by atoms with van der Waals surface area (Å²) in [7, 11) is 0. The molecule has 1 aromatic carbocycles. The molecule has 0 fully saturated rings. The van der Waals surface area contributed by atoms with Gasteiger partial charge in [-0.3, -0.25) is 4.79 Å². The van der Waals surface area contributed by atoms with Crippen molar-refractivity contribution in [2.75, 3.05) is 12.9 Å². The van der Waals surface area contributed by atoms with Gasteiger partial charge in [0.05, 0.1) is 0 Å². The van der Waals surface area contributed by atoms with Crippen molar-refractivity contribution in [3.63, 3.8) is 0 Å². The number of ether oxygens (including phenoxy) is 1. The van der Waals surface area contributed by atoms with Crippen LogP contribution in [0.3, 0.4) is 0 Å². The second-order valence-electron chi connectivity index (χ2n) is 3.58. The van der Waals surface area contributed by atoms with E-state index in [-0.39, 0.29) is 6.61 Å². The van der Waals surface area contributed by atoms with Crippen LogP contribution in [-0.2, 0) is 9.59 Å². The second kappa shape index (κ2) is 6.90. The lowest BCUT2D eigenvalue weighted by Gasteiger charge is -2.14. The molecule has 0 aliphatic carbocycles. The predicted octanol–water partition coefficient (Wildman–Crippen LogP) is 1.38. The number of carboxylic acid groups (broad SMARTS) is 1. The SMILES string of the molecule is CSc1ccc(OCC(NC(C)=O)C(=O)O)cc1. The van der Waals surface area contributed by atoms with Crippen LogP contribution in [0.5, 0.6) is 5.75 Å². The maximum atomic E-state index is 10.9. The Kier molecular flexibility index (Phi) is 5.51. The number of rotatable bonds is 6. The van der Waals surface area contributed by atoms with Crippen LogP contribution in [0.1, 0.15) is 6.92 Å². The molecule has 1 amide bonds. The van der Waals surface area contributed by atoms with Crippen molar-refractivity contribution < 1.29 is 19.4 Å². The number of hydrogen-bond acceptors (Lipinski definition) is 4. The van der Waals surface area contributed by atoms with Crippen molar-refractivity contribution >= 4 is 23.6 Å². The minimum absolute atomic E-state index is 0.104. The lowest BCUT2D eigenvalue weighted by Crippen LogP contribution is -2.43. The Hall–Kier alpha value is -1.69. The molecular formula is C12H15NO4S. The third kappa shape index (κ3) is 4.67. The molecule has 0 radical (unpaired) electrons. The Bertz CT molecular complexity index is 419. The van der Waals surface area contributed by atoms with Gasteiger partial charge in [-0.2, -0.15) is 0 Å². The molecule has 0 aliphatic rings. The molecule has 6 heteroatoms. The first-order chi connectivity index (χ1) is 8.52. The largest absolute Gasteiger partial charge is 0.491 e. The van der Waals surface area contributed by atoms with E-state index in [4.69, 9.17) is 9.84 Å². The van der Waals surface area contributed by atoms with Gasteiger partial charge < -0.3 is 15.2 Å². The van der Waals surface area contributed by atoms with Crippen LogP contribution < -0.4 is 10.1 Å². The van der Waals surface area contributed by atoms with E-state index in [2.05, 4.69) is 5.32 Å². The highest BCUT2D eigenvalue weighted by Gasteiger charge is 2.18. The molecule has 0 saturated carbocycles. The lowest BCUT2D eigenvalue weighted by molar-refractivity contribution is -0.142. The third-order valence-corrected chi connectivity index (χ3v) is 2.90. The number of amides is 1. The summed E-state index contributed by atoms with van der Waals surface area (Å²) in [4.78, 5) is 22.8. The van der Waals surface area contributed by atoms with Crippen molar-refractivity contribution in [3.8, 4) is 5.75 Å². The number of hydrogen-bond donors (Lipinski definition) is 2. The molecule has 5 nitrogen and oxygen atoms in total. The Balaban J connectivity index is 2.55. The van der Waals surface area contributed by atoms with E-state index in [1.807, 2.05) is 18.4 Å². The van der Waals surface area contributed by atoms with Gasteiger partial charge in [0.1, 0.15) is 12.4 Å². The maximum Gasteiger partial charge on any atom is 0.329 e. The summed E-state index contributed by atoms with van der Waals surface area (Å²) in [6, 6.07) is 6.25. The average molecular weight is 269 g/mol. The van der Waals surface area contributed by atoms with E-state index in [0.29, 0.717) is 5.75 Å². The summed E-state index contributed by atoms with van der Waals surface area (Å²) in [6.07, 6.45) is 1.97. The molecule has 0 aliphatic heterocycles. The van der Waals surface area contributed by atoms with Crippen LogP contribution >= 0.6 is 11.8 Å². The molecule has 0 saturated heterocycles. The standard InChI is InChI=1S/C12H15NO4S/c1-8(14)13-11(12(15)16)7-17-9-3-5-10(18-2)6-4-9/h3-6,11H,7H2,1-2H3,(H,13,14)(H,15,16). The van der Waals surface area contributed by atoms with Crippen LogP contribution in [0.15, 0.2) is 29.2 Å². The average Bonchev–Trinajstić information content (AvgIpc) is 2.34. The second-order valence-corrected chi connectivity index (χ2v) is 4.46. The molecule has 1 rings (SSSR count). The molecule has 0 spiro atoms. The topological polar surface area (TPSA) is 75.6 Å². The third-order valence-electron chi connectivity index (χ3n) is 2.15. The first-order valence-electron chi connectivity index (χ1n) is 5.29. The van der Waals surface area contributed by atoms with Gasteiger partial charge in [-0.25, -0.2) is 4.79 Å². The van der Waals surface area contributed by atoms with Gasteiger partial charge in [0, 0.05) is 11.8 Å². The van der Waals surface area contributed by atoms with Crippen LogP contribution in [0.2, 0.25) is 0 Å². The molecule has 1 atom stereocenters. The van der Waals surface area contributed by atoms with E-state index in [0.717, 1.165) is 4.90 Å². The number of carbonyl (C=O) groups is 2. The Morgan fingerprint density at radius 2 is 2.00 bits per heavy atom.